The van der Waals surface area contributed by atoms with Crippen molar-refractivity contribution in [3.05, 3.63) is 29.8 Å². The number of morpholine rings is 1. The minimum absolute atomic E-state index is 0.141. The number of carbonyl (C=O) groups excluding carboxylic acids is 1. The van der Waals surface area contributed by atoms with E-state index >= 15 is 0 Å². The molecule has 0 aromatic heterocycles. The molecule has 1 heterocycles. The molecule has 150 valence electrons. The summed E-state index contributed by atoms with van der Waals surface area (Å²) in [5, 5.41) is 4.04. The third-order valence-electron chi connectivity index (χ3n) is 4.64. The van der Waals surface area contributed by atoms with Gasteiger partial charge >= 0.3 is 5.97 Å². The molecule has 27 heavy (non-hydrogen) atoms. The third-order valence-corrected chi connectivity index (χ3v) is 5.10. The first-order chi connectivity index (χ1) is 13.1. The molecular formula is C20H31N3O3S. The fourth-order valence-electron chi connectivity index (χ4n) is 2.98. The summed E-state index contributed by atoms with van der Waals surface area (Å²) < 4.78 is 10.0. The van der Waals surface area contributed by atoms with Gasteiger partial charge in [0.2, 0.25) is 0 Å². The summed E-state index contributed by atoms with van der Waals surface area (Å²) in [4.78, 5) is 15.5. The maximum absolute atomic E-state index is 11.1. The molecule has 0 radical (unpaired) electrons. The third kappa shape index (κ3) is 7.72. The van der Waals surface area contributed by atoms with Crippen LogP contribution in [0.1, 0.15) is 31.2 Å². The lowest BCUT2D eigenvalue weighted by Crippen LogP contribution is -2.37. The zero-order valence-electron chi connectivity index (χ0n) is 16.4. The summed E-state index contributed by atoms with van der Waals surface area (Å²) >= 11 is 5.46. The van der Waals surface area contributed by atoms with E-state index in [0.29, 0.717) is 6.42 Å². The molecule has 1 aliphatic heterocycles. The number of methoxy groups -OCH3 is 1. The number of benzene rings is 1. The second kappa shape index (κ2) is 11.8. The molecule has 1 N–H and O–H groups in total. The van der Waals surface area contributed by atoms with E-state index in [4.69, 9.17) is 17.0 Å². The van der Waals surface area contributed by atoms with Gasteiger partial charge in [-0.2, -0.15) is 0 Å². The fourth-order valence-corrected chi connectivity index (χ4v) is 3.15. The molecule has 7 heteroatoms. The van der Waals surface area contributed by atoms with Crippen LogP contribution in [0.5, 0.6) is 0 Å². The van der Waals surface area contributed by atoms with Crippen LogP contribution in [0, 0.1) is 0 Å². The van der Waals surface area contributed by atoms with E-state index < -0.39 is 0 Å². The Bertz CT molecular complexity index is 589. The van der Waals surface area contributed by atoms with E-state index in [1.54, 1.807) is 0 Å². The Balaban J connectivity index is 1.65. The van der Waals surface area contributed by atoms with Crippen molar-refractivity contribution in [1.82, 2.24) is 10.2 Å². The highest BCUT2D eigenvalue weighted by atomic mass is 32.1. The molecule has 0 saturated carbocycles. The van der Waals surface area contributed by atoms with E-state index in [0.717, 1.165) is 63.8 Å². The predicted octanol–water partition coefficient (Wildman–Crippen LogP) is 2.56. The molecule has 0 atom stereocenters. The Morgan fingerprint density at radius 3 is 2.59 bits per heavy atom. The number of nitrogens with one attached hydrogen (secondary N) is 1. The first-order valence-corrected chi connectivity index (χ1v) is 9.98. The first-order valence-electron chi connectivity index (χ1n) is 9.57. The summed E-state index contributed by atoms with van der Waals surface area (Å²) in [7, 11) is 3.43. The van der Waals surface area contributed by atoms with Crippen LogP contribution in [0.25, 0.3) is 0 Å². The van der Waals surface area contributed by atoms with Crippen LogP contribution in [0.15, 0.2) is 24.3 Å². The fraction of sp³-hybridized carbons (Fsp3) is 0.600. The van der Waals surface area contributed by atoms with E-state index in [1.165, 1.54) is 18.4 Å². The van der Waals surface area contributed by atoms with Gasteiger partial charge in [-0.15, -0.1) is 0 Å². The molecule has 6 nitrogen and oxygen atoms in total. The summed E-state index contributed by atoms with van der Waals surface area (Å²) in [6.07, 6.45) is 3.31. The minimum atomic E-state index is -0.141. The van der Waals surface area contributed by atoms with Crippen molar-refractivity contribution < 1.29 is 14.3 Å². The largest absolute Gasteiger partial charge is 0.469 e. The highest BCUT2D eigenvalue weighted by Gasteiger charge is 2.11. The van der Waals surface area contributed by atoms with Crippen LogP contribution < -0.4 is 10.2 Å². The lowest BCUT2D eigenvalue weighted by Gasteiger charge is -2.29. The number of rotatable bonds is 9. The zero-order chi connectivity index (χ0) is 19.5. The molecule has 0 spiro atoms. The van der Waals surface area contributed by atoms with Crippen molar-refractivity contribution in [2.75, 3.05) is 51.9 Å². The number of hydrogen-bond acceptors (Lipinski definition) is 5. The van der Waals surface area contributed by atoms with Crippen LogP contribution in [-0.2, 0) is 20.8 Å². The maximum atomic E-state index is 11.1. The maximum Gasteiger partial charge on any atom is 0.305 e. The Kier molecular flexibility index (Phi) is 9.35. The SMILES string of the molecule is COC(=O)CCCCCNC(=S)N(C)Cc1ccc(N2CCOCC2)cc1. The Labute approximate surface area is 167 Å². The normalized spacial score (nSPS) is 13.9. The lowest BCUT2D eigenvalue weighted by molar-refractivity contribution is -0.140. The number of thiocarbonyl (C=S) groups is 1. The van der Waals surface area contributed by atoms with Crippen molar-refractivity contribution in [2.24, 2.45) is 0 Å². The molecule has 0 bridgehead atoms. The lowest BCUT2D eigenvalue weighted by atomic mass is 10.2. The smallest absolute Gasteiger partial charge is 0.305 e. The molecule has 1 aliphatic rings. The number of hydrogen-bond donors (Lipinski definition) is 1. The van der Waals surface area contributed by atoms with Crippen LogP contribution in [-0.4, -0.2) is 63.0 Å². The topological polar surface area (TPSA) is 54.0 Å². The highest BCUT2D eigenvalue weighted by molar-refractivity contribution is 7.80. The number of carbonyl (C=O) groups is 1. The van der Waals surface area contributed by atoms with E-state index in [9.17, 15) is 4.79 Å². The van der Waals surface area contributed by atoms with Crippen molar-refractivity contribution >= 4 is 29.0 Å². The summed E-state index contributed by atoms with van der Waals surface area (Å²) in [6, 6.07) is 8.67. The van der Waals surface area contributed by atoms with Crippen LogP contribution in [0.4, 0.5) is 5.69 Å². The first kappa shape index (κ1) is 21.4. The van der Waals surface area contributed by atoms with Gasteiger partial charge in [-0.25, -0.2) is 0 Å². The van der Waals surface area contributed by atoms with Gasteiger partial charge in [-0.3, -0.25) is 4.79 Å². The van der Waals surface area contributed by atoms with Crippen molar-refractivity contribution in [1.29, 1.82) is 0 Å². The van der Waals surface area contributed by atoms with Gasteiger partial charge in [0.15, 0.2) is 5.11 Å². The van der Waals surface area contributed by atoms with Gasteiger partial charge < -0.3 is 24.6 Å². The van der Waals surface area contributed by atoms with Crippen LogP contribution in [0.2, 0.25) is 0 Å². The monoisotopic (exact) mass is 393 g/mol. The van der Waals surface area contributed by atoms with Crippen molar-refractivity contribution in [3.8, 4) is 0 Å². The van der Waals surface area contributed by atoms with Crippen molar-refractivity contribution in [3.63, 3.8) is 0 Å². The second-order valence-corrected chi connectivity index (χ2v) is 7.13. The number of unbranched alkanes of at least 4 members (excludes halogenated alkanes) is 2. The van der Waals surface area contributed by atoms with Crippen LogP contribution in [0.3, 0.4) is 0 Å². The number of ether oxygens (including phenoxy) is 2. The molecule has 0 amide bonds. The summed E-state index contributed by atoms with van der Waals surface area (Å²) in [6.45, 7) is 5.10. The van der Waals surface area contributed by atoms with Gasteiger partial charge in [0.05, 0.1) is 20.3 Å². The van der Waals surface area contributed by atoms with Gasteiger partial charge in [-0.05, 0) is 42.8 Å². The van der Waals surface area contributed by atoms with Crippen LogP contribution >= 0.6 is 12.2 Å². The molecule has 2 rings (SSSR count). The molecule has 1 fully saturated rings. The quantitative estimate of drug-likeness (QED) is 0.393. The van der Waals surface area contributed by atoms with Crippen molar-refractivity contribution in [2.45, 2.75) is 32.2 Å². The van der Waals surface area contributed by atoms with Gasteiger partial charge in [-0.1, -0.05) is 18.6 Å². The summed E-state index contributed by atoms with van der Waals surface area (Å²) in [5.41, 5.74) is 2.48. The molecule has 0 unspecified atom stereocenters. The molecule has 1 aromatic rings. The Morgan fingerprint density at radius 2 is 1.93 bits per heavy atom. The molecule has 1 saturated heterocycles. The molecule has 0 aliphatic carbocycles. The summed E-state index contributed by atoms with van der Waals surface area (Å²) in [5.74, 6) is -0.141. The van der Waals surface area contributed by atoms with E-state index in [2.05, 4.69) is 39.2 Å². The average molecular weight is 394 g/mol. The van der Waals surface area contributed by atoms with Gasteiger partial charge in [0.1, 0.15) is 0 Å². The predicted molar refractivity (Wildman–Crippen MR) is 112 cm³/mol. The van der Waals surface area contributed by atoms with Gasteiger partial charge in [0.25, 0.3) is 0 Å². The highest BCUT2D eigenvalue weighted by Crippen LogP contribution is 2.17. The second-order valence-electron chi connectivity index (χ2n) is 6.74. The standard InChI is InChI=1S/C20H31N3O3S/c1-22(20(27)21-11-5-3-4-6-19(24)25-2)16-17-7-9-18(10-8-17)23-12-14-26-15-13-23/h7-10H,3-6,11-16H2,1-2H3,(H,21,27). The number of esters is 1. The van der Waals surface area contributed by atoms with Gasteiger partial charge in [0, 0.05) is 45.3 Å². The number of nitrogens with zero attached hydrogens (tertiary/aromatic N) is 2. The zero-order valence-corrected chi connectivity index (χ0v) is 17.2. The minimum Gasteiger partial charge on any atom is -0.469 e. The average Bonchev–Trinajstić information content (AvgIpc) is 2.71. The van der Waals surface area contributed by atoms with E-state index in [1.807, 2.05) is 11.9 Å². The molecule has 1 aromatic carbocycles. The Morgan fingerprint density at radius 1 is 1.22 bits per heavy atom. The van der Waals surface area contributed by atoms with E-state index in [-0.39, 0.29) is 5.97 Å². The Hall–Kier alpha value is -1.86. The molecular weight excluding hydrogens is 362 g/mol. The number of anilines is 1.